The Morgan fingerprint density at radius 3 is 2.22 bits per heavy atom. The van der Waals surface area contributed by atoms with Gasteiger partial charge in [0.15, 0.2) is 17.3 Å². The quantitative estimate of drug-likeness (QED) is 0.0386. The number of nitrogens with two attached hydrogens (primary N) is 1. The number of halogens is 3. The van der Waals surface area contributed by atoms with Crippen LogP contribution in [0.3, 0.4) is 0 Å². The Morgan fingerprint density at radius 2 is 1.58 bits per heavy atom. The number of aromatic nitrogens is 3. The van der Waals surface area contributed by atoms with E-state index >= 15 is 0 Å². The molecule has 3 aromatic carbocycles. The van der Waals surface area contributed by atoms with Gasteiger partial charge in [-0.3, -0.25) is 28.8 Å². The Bertz CT molecular complexity index is 2980. The molecule has 2 fully saturated rings. The fourth-order valence-corrected chi connectivity index (χ4v) is 11.4. The minimum Gasteiger partial charge on any atom is -0.482 e. The number of hydrogen-bond acceptors (Lipinski definition) is 13. The molecule has 2 saturated heterocycles. The van der Waals surface area contributed by atoms with Crippen LogP contribution in [0, 0.1) is 18.2 Å². The number of unbranched alkanes of at least 4 members (excludes halogenated alkanes) is 3. The number of β-amino-alcohol motifs (C(OH)–C–C–N with tert-alkyl or cyclic N) is 1. The molecule has 0 radical (unpaired) electrons. The van der Waals surface area contributed by atoms with Gasteiger partial charge in [-0.2, -0.15) is 0 Å². The molecule has 18 nitrogen and oxygen atoms in total. The molecule has 22 heteroatoms. The third-order valence-electron chi connectivity index (χ3n) is 13.9. The zero-order valence-corrected chi connectivity index (χ0v) is 47.1. The number of thiazole rings is 1. The Balaban J connectivity index is 0.819. The summed E-state index contributed by atoms with van der Waals surface area (Å²) in [4.78, 5) is 91.7. The second kappa shape index (κ2) is 25.8. The van der Waals surface area contributed by atoms with Crippen molar-refractivity contribution in [1.29, 1.82) is 0 Å². The highest BCUT2D eigenvalue weighted by Crippen LogP contribution is 2.36. The van der Waals surface area contributed by atoms with Crippen molar-refractivity contribution in [2.75, 3.05) is 30.7 Å². The number of aryl methyl sites for hydroxylation is 1. The molecule has 0 spiro atoms. The number of aliphatic hydroxyl groups excluding tert-OH is 1. The van der Waals surface area contributed by atoms with E-state index in [0.717, 1.165) is 27.8 Å². The second-order valence-corrected chi connectivity index (χ2v) is 22.7. The summed E-state index contributed by atoms with van der Waals surface area (Å²) in [6.45, 7) is 13.8. The number of ether oxygens (including phenoxy) is 1. The van der Waals surface area contributed by atoms with E-state index < -0.39 is 47.3 Å². The zero-order valence-electron chi connectivity index (χ0n) is 44.8. The second-order valence-electron chi connectivity index (χ2n) is 21.1. The number of hydrogen-bond donors (Lipinski definition) is 5. The smallest absolute Gasteiger partial charge is 0.276 e. The molecular weight excluding hydrogens is 1060 g/mol. The molecule has 6 atom stereocenters. The summed E-state index contributed by atoms with van der Waals surface area (Å²) in [5.41, 5.74) is 10.8. The number of carbonyl (C=O) groups excluding carboxylic acids is 6. The van der Waals surface area contributed by atoms with E-state index in [2.05, 4.69) is 31.1 Å². The number of nitrogens with one attached hydrogen (secondary N) is 3. The van der Waals surface area contributed by atoms with E-state index in [1.54, 1.807) is 52.9 Å². The fourth-order valence-electron chi connectivity index (χ4n) is 9.87. The molecule has 416 valence electrons. The highest BCUT2D eigenvalue weighted by molar-refractivity contribution is 7.13. The molecule has 4 heterocycles. The zero-order chi connectivity index (χ0) is 56.6. The lowest BCUT2D eigenvalue weighted by Crippen LogP contribution is -2.59. The average Bonchev–Trinajstić information content (AvgIpc) is 4.10. The lowest BCUT2D eigenvalue weighted by molar-refractivity contribution is -0.144. The number of rotatable bonds is 19. The maximum Gasteiger partial charge on any atom is 0.276 e. The molecule has 7 rings (SSSR count). The van der Waals surface area contributed by atoms with Crippen molar-refractivity contribution in [3.8, 4) is 16.2 Å². The maximum absolute atomic E-state index is 14.2. The van der Waals surface area contributed by atoms with Crippen LogP contribution in [0.15, 0.2) is 72.2 Å². The van der Waals surface area contributed by atoms with Gasteiger partial charge in [0.1, 0.15) is 24.0 Å². The molecule has 2 aliphatic rings. The van der Waals surface area contributed by atoms with E-state index in [1.807, 2.05) is 70.7 Å². The first-order valence-electron chi connectivity index (χ1n) is 26.0. The van der Waals surface area contributed by atoms with Crippen LogP contribution in [-0.2, 0) is 25.7 Å². The van der Waals surface area contributed by atoms with Gasteiger partial charge in [-0.15, -0.1) is 21.5 Å². The van der Waals surface area contributed by atoms with E-state index in [1.165, 1.54) is 17.0 Å². The van der Waals surface area contributed by atoms with E-state index in [0.29, 0.717) is 56.4 Å². The van der Waals surface area contributed by atoms with Crippen molar-refractivity contribution in [3.63, 3.8) is 0 Å². The monoisotopic (exact) mass is 1130 g/mol. The predicted molar refractivity (Wildman–Crippen MR) is 297 cm³/mol. The van der Waals surface area contributed by atoms with Crippen molar-refractivity contribution < 1.29 is 43.0 Å². The lowest BCUT2D eigenvalue weighted by atomic mass is 9.85. The van der Waals surface area contributed by atoms with Gasteiger partial charge in [0.05, 0.1) is 27.2 Å². The average molecular weight is 1130 g/mol. The number of likely N-dealkylation sites (tertiary alicyclic amines) is 1. The van der Waals surface area contributed by atoms with Crippen LogP contribution in [0.25, 0.3) is 10.4 Å². The normalized spacial score (nSPS) is 18.3. The third kappa shape index (κ3) is 14.5. The first-order chi connectivity index (χ1) is 37.0. The van der Waals surface area contributed by atoms with Crippen LogP contribution < -0.4 is 26.4 Å². The topological polar surface area (TPSA) is 242 Å². The van der Waals surface area contributed by atoms with Gasteiger partial charge >= 0.3 is 0 Å². The van der Waals surface area contributed by atoms with Gasteiger partial charge in [0, 0.05) is 85.4 Å². The number of nitrogen functional groups attached to an aromatic ring is 1. The van der Waals surface area contributed by atoms with E-state index in [4.69, 9.17) is 33.7 Å². The summed E-state index contributed by atoms with van der Waals surface area (Å²) in [5, 5.41) is 26.9. The molecule has 0 aliphatic carbocycles. The molecule has 6 N–H and O–H groups in total. The SMILES string of the molecule is Cc1ncsc1-c1ccc(CNC(=O)[C@@H]2C[C@@H](O)CN2C(=O)[C@@H](NC(=O)CCCCCCC(=O)N2[C@H](C)CN(C(=O)c3ccc(NC(=O)c4cc(O[C@H](C)c5c(Cl)ccc(F)c5Cl)c(N)nn4)cc3)C[C@@H]2C)C(C)(C)C)cc1. The van der Waals surface area contributed by atoms with Gasteiger partial charge in [-0.25, -0.2) is 9.37 Å². The molecule has 78 heavy (non-hydrogen) atoms. The number of aliphatic hydroxyl groups is 1. The van der Waals surface area contributed by atoms with E-state index in [9.17, 15) is 38.3 Å². The Labute approximate surface area is 467 Å². The molecule has 6 amide bonds. The summed E-state index contributed by atoms with van der Waals surface area (Å²) in [6.07, 6.45) is 1.39. The Morgan fingerprint density at radius 1 is 0.910 bits per heavy atom. The third-order valence-corrected chi connectivity index (χ3v) is 15.6. The minimum absolute atomic E-state index is 0.00105. The van der Waals surface area contributed by atoms with Crippen molar-refractivity contribution in [2.45, 2.75) is 136 Å². The summed E-state index contributed by atoms with van der Waals surface area (Å²) in [5.74, 6) is -2.77. The standard InChI is InChI=1S/C56H67Cl2FN10O8S/c1-31-27-67(54(75)37-18-20-38(21-19-37)63-52(73)42-25-44(51(60)66-65-42)77-34(4)47-40(57)22-23-41(59)48(47)58)28-32(2)69(31)46(72)13-11-9-8-10-12-45(71)64-50(56(5,6)7)55(76)68-29-39(70)24-43(68)53(74)61-26-35-14-16-36(17-15-35)49-33(3)62-30-78-49/h14-23,25,30-32,34,39,43,50,70H,8-13,24,26-29H2,1-7H3,(H2,60,66)(H,61,74)(H,63,73)(H,64,71)/t31-,32+,34-,39-,43+,50-/m1/s1. The van der Waals surface area contributed by atoms with Crippen molar-refractivity contribution in [3.05, 3.63) is 116 Å². The molecule has 0 saturated carbocycles. The van der Waals surface area contributed by atoms with Crippen LogP contribution in [-0.4, -0.2) is 120 Å². The number of amides is 6. The van der Waals surface area contributed by atoms with Crippen LogP contribution in [0.4, 0.5) is 15.9 Å². The van der Waals surface area contributed by atoms with Crippen molar-refractivity contribution >= 4 is 81.5 Å². The number of carbonyl (C=O) groups is 6. The van der Waals surface area contributed by atoms with Gasteiger partial charge in [0.2, 0.25) is 23.6 Å². The maximum atomic E-state index is 14.2. The lowest BCUT2D eigenvalue weighted by Gasteiger charge is -2.44. The van der Waals surface area contributed by atoms with Gasteiger partial charge in [-0.1, -0.05) is 81.1 Å². The summed E-state index contributed by atoms with van der Waals surface area (Å²) < 4.78 is 20.0. The molecule has 0 unspecified atom stereocenters. The molecule has 5 aromatic rings. The highest BCUT2D eigenvalue weighted by atomic mass is 35.5. The fraction of sp³-hybridized carbons (Fsp3) is 0.446. The Hall–Kier alpha value is -6.74. The minimum atomic E-state index is -0.935. The van der Waals surface area contributed by atoms with Gasteiger partial charge in [-0.05, 0) is 93.5 Å². The molecule has 0 bridgehead atoms. The van der Waals surface area contributed by atoms with Crippen molar-refractivity contribution in [1.82, 2.24) is 40.5 Å². The molecule has 2 aromatic heterocycles. The first-order valence-corrected chi connectivity index (χ1v) is 27.6. The van der Waals surface area contributed by atoms with Crippen molar-refractivity contribution in [2.24, 2.45) is 5.41 Å². The largest absolute Gasteiger partial charge is 0.482 e. The number of benzene rings is 3. The van der Waals surface area contributed by atoms with Crippen LogP contribution in [0.2, 0.25) is 10.0 Å². The van der Waals surface area contributed by atoms with Crippen LogP contribution in [0.5, 0.6) is 5.75 Å². The number of nitrogens with zero attached hydrogens (tertiary/aromatic N) is 6. The van der Waals surface area contributed by atoms with Crippen LogP contribution >= 0.6 is 34.5 Å². The predicted octanol–water partition coefficient (Wildman–Crippen LogP) is 8.54. The summed E-state index contributed by atoms with van der Waals surface area (Å²) in [7, 11) is 0. The molecule has 2 aliphatic heterocycles. The summed E-state index contributed by atoms with van der Waals surface area (Å²) in [6, 6.07) is 15.7. The number of piperazine rings is 1. The Kier molecular flexibility index (Phi) is 19.5. The highest BCUT2D eigenvalue weighted by Gasteiger charge is 2.44. The first kappa shape index (κ1) is 58.9. The summed E-state index contributed by atoms with van der Waals surface area (Å²) >= 11 is 14.0. The van der Waals surface area contributed by atoms with Gasteiger partial charge in [0.25, 0.3) is 11.8 Å². The number of anilines is 2. The van der Waals surface area contributed by atoms with Gasteiger partial charge < -0.3 is 46.2 Å². The van der Waals surface area contributed by atoms with E-state index in [-0.39, 0.29) is 94.5 Å². The van der Waals surface area contributed by atoms with Crippen LogP contribution in [0.1, 0.15) is 130 Å². The molecular formula is C56H67Cl2FN10O8S.